The van der Waals surface area contributed by atoms with Gasteiger partial charge >= 0.3 is 0 Å². The molecule has 3 heterocycles. The number of hydrogen-bond acceptors (Lipinski definition) is 6. The molecule has 0 bridgehead atoms. The first-order valence-electron chi connectivity index (χ1n) is 5.61. The fourth-order valence-corrected chi connectivity index (χ4v) is 2.21. The van der Waals surface area contributed by atoms with Crippen LogP contribution in [0.3, 0.4) is 0 Å². The van der Waals surface area contributed by atoms with E-state index in [-0.39, 0.29) is 6.61 Å². The lowest BCUT2D eigenvalue weighted by molar-refractivity contribution is -0.0508. The van der Waals surface area contributed by atoms with Gasteiger partial charge in [0.05, 0.1) is 6.61 Å². The molecule has 4 atom stereocenters. The lowest BCUT2D eigenvalue weighted by Crippen LogP contribution is -2.33. The summed E-state index contributed by atoms with van der Waals surface area (Å²) in [4.78, 5) is 8.01. The number of aliphatic hydroxyl groups excluding tert-OH is 3. The first kappa shape index (κ1) is 11.5. The van der Waals surface area contributed by atoms with E-state index in [4.69, 9.17) is 9.84 Å². The molecule has 0 saturated carbocycles. The molecule has 2 aromatic heterocycles. The van der Waals surface area contributed by atoms with Gasteiger partial charge in [0.2, 0.25) is 0 Å². The molecule has 1 fully saturated rings. The van der Waals surface area contributed by atoms with E-state index in [2.05, 4.69) is 9.97 Å². The van der Waals surface area contributed by atoms with Crippen molar-refractivity contribution in [1.82, 2.24) is 14.5 Å². The molecular weight excluding hydrogens is 238 g/mol. The molecule has 7 heteroatoms. The third kappa shape index (κ3) is 1.60. The van der Waals surface area contributed by atoms with Gasteiger partial charge in [-0.15, -0.1) is 0 Å². The topological polar surface area (TPSA) is 101 Å². The third-order valence-electron chi connectivity index (χ3n) is 3.17. The monoisotopic (exact) mass is 251 g/mol. The van der Waals surface area contributed by atoms with Crippen LogP contribution in [0.5, 0.6) is 0 Å². The summed E-state index contributed by atoms with van der Waals surface area (Å²) < 4.78 is 7.07. The van der Waals surface area contributed by atoms with E-state index < -0.39 is 24.5 Å². The third-order valence-corrected chi connectivity index (χ3v) is 3.17. The molecule has 3 N–H and O–H groups in total. The highest BCUT2D eigenvalue weighted by Gasteiger charge is 2.43. The van der Waals surface area contributed by atoms with Crippen LogP contribution in [-0.2, 0) is 4.74 Å². The second kappa shape index (κ2) is 4.29. The Morgan fingerprint density at radius 3 is 2.89 bits per heavy atom. The van der Waals surface area contributed by atoms with Crippen molar-refractivity contribution in [3.63, 3.8) is 0 Å². The lowest BCUT2D eigenvalue weighted by Gasteiger charge is -2.17. The molecule has 1 unspecified atom stereocenters. The Morgan fingerprint density at radius 2 is 2.17 bits per heavy atom. The Bertz CT molecular complexity index is 558. The highest BCUT2D eigenvalue weighted by Crippen LogP contribution is 2.31. The van der Waals surface area contributed by atoms with Gasteiger partial charge < -0.3 is 24.6 Å². The minimum absolute atomic E-state index is 0.344. The lowest BCUT2D eigenvalue weighted by atomic mass is 10.1. The zero-order chi connectivity index (χ0) is 12.7. The van der Waals surface area contributed by atoms with Gasteiger partial charge in [0.15, 0.2) is 6.23 Å². The van der Waals surface area contributed by atoms with Gasteiger partial charge in [0.1, 0.15) is 30.3 Å². The van der Waals surface area contributed by atoms with Crippen LogP contribution in [-0.4, -0.2) is 54.8 Å². The zero-order valence-corrected chi connectivity index (χ0v) is 9.42. The number of aromatic nitrogens is 3. The number of hydrogen-bond donors (Lipinski definition) is 3. The van der Waals surface area contributed by atoms with Gasteiger partial charge in [-0.3, -0.25) is 0 Å². The van der Waals surface area contributed by atoms with Crippen LogP contribution in [0, 0.1) is 0 Å². The smallest absolute Gasteiger partial charge is 0.164 e. The molecule has 1 aliphatic rings. The predicted molar refractivity (Wildman–Crippen MR) is 60.5 cm³/mol. The summed E-state index contributed by atoms with van der Waals surface area (Å²) in [6, 6.07) is 1.80. The second-order valence-corrected chi connectivity index (χ2v) is 4.25. The van der Waals surface area contributed by atoms with Gasteiger partial charge in [-0.2, -0.15) is 0 Å². The Balaban J connectivity index is 2.00. The van der Waals surface area contributed by atoms with E-state index in [9.17, 15) is 10.2 Å². The number of nitrogens with zero attached hydrogens (tertiary/aromatic N) is 3. The van der Waals surface area contributed by atoms with Crippen LogP contribution in [0.15, 0.2) is 24.8 Å². The van der Waals surface area contributed by atoms with Gasteiger partial charge in [0, 0.05) is 17.8 Å². The van der Waals surface area contributed by atoms with Crippen molar-refractivity contribution < 1.29 is 20.1 Å². The van der Waals surface area contributed by atoms with E-state index in [0.29, 0.717) is 5.65 Å². The van der Waals surface area contributed by atoms with E-state index in [1.54, 1.807) is 23.0 Å². The number of rotatable bonds is 2. The average Bonchev–Trinajstić information content (AvgIpc) is 2.93. The maximum absolute atomic E-state index is 9.94. The van der Waals surface area contributed by atoms with Gasteiger partial charge in [-0.25, -0.2) is 9.97 Å². The molecule has 18 heavy (non-hydrogen) atoms. The van der Waals surface area contributed by atoms with Crippen LogP contribution >= 0.6 is 0 Å². The van der Waals surface area contributed by atoms with Crippen molar-refractivity contribution in [3.8, 4) is 0 Å². The predicted octanol–water partition coefficient (Wildman–Crippen LogP) is -0.957. The minimum atomic E-state index is -1.11. The molecule has 0 amide bonds. The molecule has 96 valence electrons. The number of aliphatic hydroxyl groups is 3. The maximum atomic E-state index is 9.94. The Kier molecular flexibility index (Phi) is 2.75. The van der Waals surface area contributed by atoms with Crippen molar-refractivity contribution in [3.05, 3.63) is 24.8 Å². The van der Waals surface area contributed by atoms with E-state index in [1.165, 1.54) is 6.33 Å². The second-order valence-electron chi connectivity index (χ2n) is 4.25. The fourth-order valence-electron chi connectivity index (χ4n) is 2.21. The van der Waals surface area contributed by atoms with Crippen LogP contribution in [0.4, 0.5) is 0 Å². The molecule has 3 rings (SSSR count). The quantitative estimate of drug-likeness (QED) is 0.635. The largest absolute Gasteiger partial charge is 0.394 e. The minimum Gasteiger partial charge on any atom is -0.394 e. The normalized spacial score (nSPS) is 32.2. The molecular formula is C11H13N3O4. The summed E-state index contributed by atoms with van der Waals surface area (Å²) in [5.74, 6) is 0. The SMILES string of the molecule is OC[C@H]1OC(n2ccc3cncnc32)[C@H](O)[C@@H]1O. The van der Waals surface area contributed by atoms with Crippen molar-refractivity contribution >= 4 is 11.0 Å². The van der Waals surface area contributed by atoms with Crippen LogP contribution in [0.2, 0.25) is 0 Å². The Morgan fingerprint density at radius 1 is 1.33 bits per heavy atom. The van der Waals surface area contributed by atoms with Gasteiger partial charge in [-0.05, 0) is 6.07 Å². The molecule has 2 aromatic rings. The summed E-state index contributed by atoms with van der Waals surface area (Å²) in [5.41, 5.74) is 0.611. The highest BCUT2D eigenvalue weighted by atomic mass is 16.6. The molecule has 7 nitrogen and oxygen atoms in total. The summed E-state index contributed by atoms with van der Waals surface area (Å²) in [5, 5.41) is 29.5. The number of ether oxygens (including phenoxy) is 1. The van der Waals surface area contributed by atoms with Gasteiger partial charge in [-0.1, -0.05) is 0 Å². The molecule has 1 saturated heterocycles. The highest BCUT2D eigenvalue weighted by molar-refractivity contribution is 5.74. The Hall–Kier alpha value is -1.54. The molecule has 0 aromatic carbocycles. The van der Waals surface area contributed by atoms with E-state index in [0.717, 1.165) is 5.39 Å². The summed E-state index contributed by atoms with van der Waals surface area (Å²) in [6.45, 7) is -0.344. The summed E-state index contributed by atoms with van der Waals surface area (Å²) in [7, 11) is 0. The fraction of sp³-hybridized carbons (Fsp3) is 0.455. The maximum Gasteiger partial charge on any atom is 0.164 e. The van der Waals surface area contributed by atoms with Crippen molar-refractivity contribution in [1.29, 1.82) is 0 Å². The average molecular weight is 251 g/mol. The van der Waals surface area contributed by atoms with Crippen LogP contribution in [0.1, 0.15) is 6.23 Å². The first-order valence-corrected chi connectivity index (χ1v) is 5.61. The Labute approximate surface area is 102 Å². The van der Waals surface area contributed by atoms with Crippen molar-refractivity contribution in [2.24, 2.45) is 0 Å². The van der Waals surface area contributed by atoms with Gasteiger partial charge in [0.25, 0.3) is 0 Å². The molecule has 0 spiro atoms. The zero-order valence-electron chi connectivity index (χ0n) is 9.42. The number of fused-ring (bicyclic) bond motifs is 1. The van der Waals surface area contributed by atoms with Crippen molar-refractivity contribution in [2.45, 2.75) is 24.5 Å². The van der Waals surface area contributed by atoms with Crippen LogP contribution < -0.4 is 0 Å². The van der Waals surface area contributed by atoms with Crippen LogP contribution in [0.25, 0.3) is 11.0 Å². The summed E-state index contributed by atoms with van der Waals surface area (Å²) in [6.07, 6.45) is 1.00. The van der Waals surface area contributed by atoms with E-state index >= 15 is 0 Å². The molecule has 1 aliphatic heterocycles. The summed E-state index contributed by atoms with van der Waals surface area (Å²) >= 11 is 0. The first-order chi connectivity index (χ1) is 8.72. The standard InChI is InChI=1S/C11H13N3O4/c15-4-7-8(16)9(17)11(18-7)14-2-1-6-3-12-5-13-10(6)14/h1-3,5,7-9,11,15-17H,4H2/t7-,8-,9-,11?/m1/s1. The van der Waals surface area contributed by atoms with E-state index in [1.807, 2.05) is 0 Å². The molecule has 0 radical (unpaired) electrons. The molecule has 0 aliphatic carbocycles. The van der Waals surface area contributed by atoms with Crippen molar-refractivity contribution in [2.75, 3.05) is 6.61 Å².